The Labute approximate surface area is 117 Å². The van der Waals surface area contributed by atoms with Crippen LogP contribution in [0.15, 0.2) is 12.2 Å². The maximum absolute atomic E-state index is 11.5. The molecule has 6 nitrogen and oxygen atoms in total. The van der Waals surface area contributed by atoms with Crippen molar-refractivity contribution in [1.29, 1.82) is 0 Å². The van der Waals surface area contributed by atoms with Gasteiger partial charge in [-0.3, -0.25) is 14.4 Å². The van der Waals surface area contributed by atoms with Crippen molar-refractivity contribution in [2.24, 2.45) is 17.8 Å². The van der Waals surface area contributed by atoms with Gasteiger partial charge in [0.2, 0.25) is 0 Å². The number of aliphatic hydroxyl groups is 1. The number of hydrogen-bond donors (Lipinski definition) is 3. The highest BCUT2D eigenvalue weighted by molar-refractivity contribution is 5.94. The summed E-state index contributed by atoms with van der Waals surface area (Å²) in [5.41, 5.74) is 0.345. The summed E-state index contributed by atoms with van der Waals surface area (Å²) in [5.74, 6) is -4.85. The van der Waals surface area contributed by atoms with Gasteiger partial charge in [0, 0.05) is 6.42 Å². The summed E-state index contributed by atoms with van der Waals surface area (Å²) in [7, 11) is 0. The van der Waals surface area contributed by atoms with E-state index in [1.807, 2.05) is 0 Å². The first-order valence-corrected chi connectivity index (χ1v) is 6.56. The van der Waals surface area contributed by atoms with E-state index in [9.17, 15) is 19.5 Å². The number of aliphatic carboxylic acids is 2. The van der Waals surface area contributed by atoms with Crippen molar-refractivity contribution in [3.8, 4) is 0 Å². The van der Waals surface area contributed by atoms with Gasteiger partial charge in [-0.2, -0.15) is 0 Å². The van der Waals surface area contributed by atoms with E-state index in [4.69, 9.17) is 10.2 Å². The van der Waals surface area contributed by atoms with Gasteiger partial charge in [-0.15, -0.1) is 0 Å². The van der Waals surface area contributed by atoms with E-state index in [1.165, 1.54) is 0 Å². The van der Waals surface area contributed by atoms with Gasteiger partial charge in [0.25, 0.3) is 0 Å². The fraction of sp³-hybridized carbons (Fsp3) is 0.643. The highest BCUT2D eigenvalue weighted by Gasteiger charge is 2.41. The number of carboxylic acids is 2. The second-order valence-corrected chi connectivity index (χ2v) is 5.44. The average molecular weight is 284 g/mol. The third kappa shape index (κ3) is 3.90. The zero-order valence-electron chi connectivity index (χ0n) is 11.4. The van der Waals surface area contributed by atoms with Crippen LogP contribution in [-0.2, 0) is 14.4 Å². The monoisotopic (exact) mass is 284 g/mol. The molecule has 0 spiro atoms. The molecule has 1 saturated carbocycles. The number of carbonyl (C=O) groups is 3. The van der Waals surface area contributed by atoms with Gasteiger partial charge in [0.05, 0.1) is 17.9 Å². The van der Waals surface area contributed by atoms with E-state index >= 15 is 0 Å². The Balaban J connectivity index is 2.71. The molecule has 0 aromatic rings. The van der Waals surface area contributed by atoms with Crippen LogP contribution >= 0.6 is 0 Å². The Hall–Kier alpha value is -1.69. The van der Waals surface area contributed by atoms with Gasteiger partial charge < -0.3 is 15.3 Å². The number of hydrogen-bond acceptors (Lipinski definition) is 4. The van der Waals surface area contributed by atoms with E-state index in [-0.39, 0.29) is 31.0 Å². The highest BCUT2D eigenvalue weighted by atomic mass is 16.4. The molecule has 20 heavy (non-hydrogen) atoms. The summed E-state index contributed by atoms with van der Waals surface area (Å²) < 4.78 is 0. The minimum atomic E-state index is -1.17. The topological polar surface area (TPSA) is 112 Å². The Morgan fingerprint density at radius 2 is 1.70 bits per heavy atom. The molecule has 0 aromatic carbocycles. The molecule has 4 unspecified atom stereocenters. The fourth-order valence-electron chi connectivity index (χ4n) is 2.65. The van der Waals surface area contributed by atoms with Crippen LogP contribution in [-0.4, -0.2) is 39.1 Å². The molecule has 0 aliphatic heterocycles. The zero-order valence-corrected chi connectivity index (χ0v) is 11.4. The lowest BCUT2D eigenvalue weighted by atomic mass is 9.71. The third-order valence-electron chi connectivity index (χ3n) is 3.94. The first-order chi connectivity index (χ1) is 9.23. The lowest BCUT2D eigenvalue weighted by Crippen LogP contribution is -2.39. The van der Waals surface area contributed by atoms with Crippen LogP contribution in [0.5, 0.6) is 0 Å². The Kier molecular flexibility index (Phi) is 5.44. The summed E-state index contributed by atoms with van der Waals surface area (Å²) in [6.07, 6.45) is -0.349. The summed E-state index contributed by atoms with van der Waals surface area (Å²) >= 11 is 0. The number of allylic oxidation sites excluding steroid dienone is 1. The van der Waals surface area contributed by atoms with E-state index in [0.717, 1.165) is 0 Å². The molecular formula is C14H20O6. The number of aliphatic hydroxyl groups excluding tert-OH is 1. The van der Waals surface area contributed by atoms with E-state index in [2.05, 4.69) is 6.58 Å². The Morgan fingerprint density at radius 3 is 2.15 bits per heavy atom. The standard InChI is InChI=1S/C14H20O6/c1-7(2)11(15)6-12(16)8-3-4-9(13(17)18)10(5-8)14(19)20/h8-10,12,16H,1,3-6H2,2H3,(H,17,18)(H,19,20). The van der Waals surface area contributed by atoms with Gasteiger partial charge in [0.15, 0.2) is 5.78 Å². The quantitative estimate of drug-likeness (QED) is 0.629. The van der Waals surface area contributed by atoms with Crippen LogP contribution in [0.1, 0.15) is 32.6 Å². The van der Waals surface area contributed by atoms with E-state index in [1.54, 1.807) is 6.92 Å². The molecule has 0 bridgehead atoms. The fourth-order valence-corrected chi connectivity index (χ4v) is 2.65. The molecule has 4 atom stereocenters. The van der Waals surface area contributed by atoms with Crippen molar-refractivity contribution >= 4 is 17.7 Å². The van der Waals surface area contributed by atoms with Crippen LogP contribution in [0.25, 0.3) is 0 Å². The van der Waals surface area contributed by atoms with Crippen LogP contribution in [0, 0.1) is 17.8 Å². The molecule has 1 fully saturated rings. The zero-order chi connectivity index (χ0) is 15.4. The van der Waals surface area contributed by atoms with Crippen molar-refractivity contribution in [3.63, 3.8) is 0 Å². The van der Waals surface area contributed by atoms with Crippen molar-refractivity contribution in [3.05, 3.63) is 12.2 Å². The molecule has 0 amide bonds. The summed E-state index contributed by atoms with van der Waals surface area (Å²) in [6.45, 7) is 5.05. The van der Waals surface area contributed by atoms with Crippen molar-refractivity contribution in [2.45, 2.75) is 38.7 Å². The van der Waals surface area contributed by atoms with Gasteiger partial charge in [0.1, 0.15) is 0 Å². The molecule has 3 N–H and O–H groups in total. The molecule has 0 heterocycles. The van der Waals surface area contributed by atoms with Gasteiger partial charge >= 0.3 is 11.9 Å². The van der Waals surface area contributed by atoms with Crippen LogP contribution < -0.4 is 0 Å². The van der Waals surface area contributed by atoms with Crippen LogP contribution in [0.3, 0.4) is 0 Å². The molecule has 1 aliphatic rings. The largest absolute Gasteiger partial charge is 0.481 e. The normalized spacial score (nSPS) is 27.6. The first-order valence-electron chi connectivity index (χ1n) is 6.56. The Morgan fingerprint density at radius 1 is 1.15 bits per heavy atom. The molecule has 0 saturated heterocycles. The minimum absolute atomic E-state index is 0.0803. The predicted molar refractivity (Wildman–Crippen MR) is 70.0 cm³/mol. The molecule has 112 valence electrons. The second kappa shape index (κ2) is 6.65. The number of ketones is 1. The smallest absolute Gasteiger partial charge is 0.307 e. The van der Waals surface area contributed by atoms with Crippen molar-refractivity contribution in [1.82, 2.24) is 0 Å². The Bertz CT molecular complexity index is 427. The molecule has 1 rings (SSSR count). The first kappa shape index (κ1) is 16.4. The third-order valence-corrected chi connectivity index (χ3v) is 3.94. The molecule has 0 radical (unpaired) electrons. The van der Waals surface area contributed by atoms with Crippen molar-refractivity contribution < 1.29 is 29.7 Å². The lowest BCUT2D eigenvalue weighted by Gasteiger charge is -2.33. The maximum atomic E-state index is 11.5. The van der Waals surface area contributed by atoms with Crippen molar-refractivity contribution in [2.75, 3.05) is 0 Å². The average Bonchev–Trinajstić information content (AvgIpc) is 2.37. The number of carboxylic acid groups (broad SMARTS) is 2. The summed E-state index contributed by atoms with van der Waals surface area (Å²) in [4.78, 5) is 33.7. The van der Waals surface area contributed by atoms with Gasteiger partial charge in [-0.05, 0) is 37.7 Å². The van der Waals surface area contributed by atoms with E-state index < -0.39 is 29.9 Å². The molecule has 6 heteroatoms. The van der Waals surface area contributed by atoms with Crippen LogP contribution in [0.4, 0.5) is 0 Å². The predicted octanol–water partition coefficient (Wildman–Crippen LogP) is 1.08. The summed E-state index contributed by atoms with van der Waals surface area (Å²) in [6, 6.07) is 0. The highest BCUT2D eigenvalue weighted by Crippen LogP contribution is 2.37. The minimum Gasteiger partial charge on any atom is -0.481 e. The SMILES string of the molecule is C=C(C)C(=O)CC(O)C1CCC(C(=O)O)C(C(=O)O)C1. The van der Waals surface area contributed by atoms with E-state index in [0.29, 0.717) is 12.0 Å². The summed E-state index contributed by atoms with van der Waals surface area (Å²) in [5, 5.41) is 28.1. The number of rotatable bonds is 6. The second-order valence-electron chi connectivity index (χ2n) is 5.44. The van der Waals surface area contributed by atoms with Gasteiger partial charge in [-0.1, -0.05) is 6.58 Å². The molecule has 1 aliphatic carbocycles. The van der Waals surface area contributed by atoms with Crippen LogP contribution in [0.2, 0.25) is 0 Å². The lowest BCUT2D eigenvalue weighted by molar-refractivity contribution is -0.157. The number of Topliss-reactive ketones (excluding diaryl/α,β-unsaturated/α-hetero) is 1. The van der Waals surface area contributed by atoms with Gasteiger partial charge in [-0.25, -0.2) is 0 Å². The molecular weight excluding hydrogens is 264 g/mol. The maximum Gasteiger partial charge on any atom is 0.307 e. The number of carbonyl (C=O) groups excluding carboxylic acids is 1. The molecule has 0 aromatic heterocycles.